The maximum Gasteiger partial charge on any atom is 0.272 e. The number of non-ortho nitro benzene ring substituents is 1. The minimum Gasteiger partial charge on any atom is -0.412 e. The summed E-state index contributed by atoms with van der Waals surface area (Å²) in [6.07, 6.45) is 0.939. The summed E-state index contributed by atoms with van der Waals surface area (Å²) in [6.45, 7) is 12.3. The van der Waals surface area contributed by atoms with Crippen molar-refractivity contribution in [1.29, 1.82) is 0 Å². The molecule has 0 saturated carbocycles. The summed E-state index contributed by atoms with van der Waals surface area (Å²) < 4.78 is 32.4. The molecule has 2 aromatic rings. The second-order valence-corrected chi connectivity index (χ2v) is 13.7. The highest BCUT2D eigenvalue weighted by Gasteiger charge is 2.40. The summed E-state index contributed by atoms with van der Waals surface area (Å²) in [5, 5.41) is 10.8. The van der Waals surface area contributed by atoms with Crippen molar-refractivity contribution in [3.63, 3.8) is 0 Å². The zero-order chi connectivity index (χ0) is 22.5. The van der Waals surface area contributed by atoms with E-state index < -0.39 is 19.1 Å². The quantitative estimate of drug-likeness (QED) is 0.327. The molecule has 1 saturated heterocycles. The van der Waals surface area contributed by atoms with Crippen molar-refractivity contribution in [3.8, 4) is 0 Å². The second kappa shape index (κ2) is 9.66. The van der Waals surface area contributed by atoms with Gasteiger partial charge in [0, 0.05) is 19.2 Å². The molecule has 2 aromatic carbocycles. The monoisotopic (exact) mass is 436 g/mol. The lowest BCUT2D eigenvalue weighted by molar-refractivity contribution is -0.385. The van der Waals surface area contributed by atoms with Gasteiger partial charge in [-0.05, 0) is 42.8 Å². The number of hydrogen-bond acceptors (Lipinski definition) is 4. The standard InChI is InChI=1S/C16H25FN2O3Si.C6H5F/c1-16(2,3)23(4,5)22-13-8-9-18(11-13)15-7-6-12(19(20)21)10-14(15)17;7-6-4-2-1-3-5-6/h6-7,10,13H,8-9,11H2,1-5H3;1-5H/t13-;/m1./s1. The van der Waals surface area contributed by atoms with Gasteiger partial charge in [-0.25, -0.2) is 8.78 Å². The Labute approximate surface area is 177 Å². The number of rotatable bonds is 4. The number of benzene rings is 2. The minimum atomic E-state index is -1.85. The normalized spacial score (nSPS) is 16.8. The summed E-state index contributed by atoms with van der Waals surface area (Å²) in [4.78, 5) is 12.0. The van der Waals surface area contributed by atoms with Crippen molar-refractivity contribution in [3.05, 3.63) is 70.3 Å². The Morgan fingerprint density at radius 1 is 1.13 bits per heavy atom. The molecular formula is C22H30F2N2O3Si. The van der Waals surface area contributed by atoms with E-state index in [1.165, 1.54) is 24.3 Å². The van der Waals surface area contributed by atoms with Gasteiger partial charge in [-0.2, -0.15) is 0 Å². The summed E-state index contributed by atoms with van der Waals surface area (Å²) in [5.41, 5.74) is 0.191. The Bertz CT molecular complexity index is 857. The van der Waals surface area contributed by atoms with Crippen molar-refractivity contribution >= 4 is 19.7 Å². The Hall–Kier alpha value is -2.32. The molecule has 5 nitrogen and oxygen atoms in total. The van der Waals surface area contributed by atoms with Gasteiger partial charge in [0.05, 0.1) is 22.8 Å². The lowest BCUT2D eigenvalue weighted by Crippen LogP contribution is -2.44. The molecule has 0 amide bonds. The smallest absolute Gasteiger partial charge is 0.272 e. The van der Waals surface area contributed by atoms with Gasteiger partial charge >= 0.3 is 0 Å². The summed E-state index contributed by atoms with van der Waals surface area (Å²) in [6, 6.07) is 11.8. The van der Waals surface area contributed by atoms with E-state index in [-0.39, 0.29) is 22.6 Å². The Balaban J connectivity index is 0.000000386. The van der Waals surface area contributed by atoms with E-state index in [1.54, 1.807) is 18.2 Å². The van der Waals surface area contributed by atoms with E-state index in [0.29, 0.717) is 18.8 Å². The van der Waals surface area contributed by atoms with Gasteiger partial charge in [0.1, 0.15) is 5.82 Å². The first-order valence-electron chi connectivity index (χ1n) is 9.98. The van der Waals surface area contributed by atoms with Crippen molar-refractivity contribution in [2.75, 3.05) is 18.0 Å². The third-order valence-electron chi connectivity index (χ3n) is 5.63. The van der Waals surface area contributed by atoms with Gasteiger partial charge in [0.25, 0.3) is 5.69 Å². The van der Waals surface area contributed by atoms with Crippen LogP contribution in [0.3, 0.4) is 0 Å². The molecule has 0 aliphatic carbocycles. The fraction of sp³-hybridized carbons (Fsp3) is 0.455. The van der Waals surface area contributed by atoms with E-state index in [9.17, 15) is 18.9 Å². The second-order valence-electron chi connectivity index (χ2n) is 8.92. The van der Waals surface area contributed by atoms with Crippen molar-refractivity contribution in [2.45, 2.75) is 51.4 Å². The molecule has 0 bridgehead atoms. The molecule has 30 heavy (non-hydrogen) atoms. The van der Waals surface area contributed by atoms with Gasteiger partial charge in [0.2, 0.25) is 0 Å². The van der Waals surface area contributed by atoms with E-state index in [4.69, 9.17) is 4.43 Å². The summed E-state index contributed by atoms with van der Waals surface area (Å²) >= 11 is 0. The molecule has 0 unspecified atom stereocenters. The molecule has 8 heteroatoms. The number of nitrogens with zero attached hydrogens (tertiary/aromatic N) is 2. The number of nitro groups is 1. The molecule has 1 aliphatic rings. The molecule has 3 rings (SSSR count). The first kappa shape index (κ1) is 24.0. The zero-order valence-corrected chi connectivity index (χ0v) is 19.2. The third kappa shape index (κ3) is 6.34. The lowest BCUT2D eigenvalue weighted by Gasteiger charge is -2.38. The van der Waals surface area contributed by atoms with Crippen LogP contribution in [0.1, 0.15) is 27.2 Å². The van der Waals surface area contributed by atoms with E-state index in [1.807, 2.05) is 4.90 Å². The van der Waals surface area contributed by atoms with Crippen LogP contribution in [0.4, 0.5) is 20.2 Å². The SMILES string of the molecule is CC(C)(C)[Si](C)(C)O[C@@H]1CCN(c2ccc([N+](=O)[O-])cc2F)C1.Fc1ccccc1. The summed E-state index contributed by atoms with van der Waals surface area (Å²) in [5.74, 6) is -0.727. The molecule has 1 fully saturated rings. The Kier molecular flexibility index (Phi) is 7.71. The maximum absolute atomic E-state index is 14.1. The van der Waals surface area contributed by atoms with Crippen LogP contribution >= 0.6 is 0 Å². The van der Waals surface area contributed by atoms with Crippen molar-refractivity contribution < 1.29 is 18.1 Å². The topological polar surface area (TPSA) is 55.6 Å². The molecule has 1 aliphatic heterocycles. The maximum atomic E-state index is 14.1. The van der Waals surface area contributed by atoms with Crippen LogP contribution in [-0.2, 0) is 4.43 Å². The fourth-order valence-corrected chi connectivity index (χ4v) is 4.30. The Morgan fingerprint density at radius 2 is 1.77 bits per heavy atom. The van der Waals surface area contributed by atoms with Crippen LogP contribution < -0.4 is 4.90 Å². The fourth-order valence-electron chi connectivity index (χ4n) is 2.92. The van der Waals surface area contributed by atoms with Gasteiger partial charge in [-0.15, -0.1) is 0 Å². The highest BCUT2D eigenvalue weighted by atomic mass is 28.4. The van der Waals surface area contributed by atoms with Crippen LogP contribution in [0, 0.1) is 21.7 Å². The first-order valence-corrected chi connectivity index (χ1v) is 12.9. The molecule has 0 spiro atoms. The van der Waals surface area contributed by atoms with E-state index in [2.05, 4.69) is 33.9 Å². The molecule has 1 atom stereocenters. The van der Waals surface area contributed by atoms with Crippen LogP contribution in [0.15, 0.2) is 48.5 Å². The van der Waals surface area contributed by atoms with Crippen LogP contribution in [-0.4, -0.2) is 32.4 Å². The number of hydrogen-bond donors (Lipinski definition) is 0. The lowest BCUT2D eigenvalue weighted by atomic mass is 10.2. The van der Waals surface area contributed by atoms with E-state index in [0.717, 1.165) is 12.5 Å². The van der Waals surface area contributed by atoms with Crippen LogP contribution in [0.5, 0.6) is 0 Å². The van der Waals surface area contributed by atoms with Crippen molar-refractivity contribution in [1.82, 2.24) is 0 Å². The molecule has 0 N–H and O–H groups in total. The first-order chi connectivity index (χ1) is 13.9. The highest BCUT2D eigenvalue weighted by molar-refractivity contribution is 6.74. The molecule has 0 aromatic heterocycles. The van der Waals surface area contributed by atoms with E-state index >= 15 is 0 Å². The van der Waals surface area contributed by atoms with Gasteiger partial charge < -0.3 is 9.33 Å². The number of anilines is 1. The average molecular weight is 437 g/mol. The van der Waals surface area contributed by atoms with Crippen LogP contribution in [0.25, 0.3) is 0 Å². The van der Waals surface area contributed by atoms with Gasteiger partial charge in [0.15, 0.2) is 14.1 Å². The van der Waals surface area contributed by atoms with Crippen LogP contribution in [0.2, 0.25) is 18.1 Å². The predicted octanol–water partition coefficient (Wildman–Crippen LogP) is 6.16. The van der Waals surface area contributed by atoms with Gasteiger partial charge in [-0.3, -0.25) is 10.1 Å². The predicted molar refractivity (Wildman–Crippen MR) is 118 cm³/mol. The minimum absolute atomic E-state index is 0.0884. The van der Waals surface area contributed by atoms with Gasteiger partial charge in [-0.1, -0.05) is 39.0 Å². The third-order valence-corrected chi connectivity index (χ3v) is 10.2. The molecule has 1 heterocycles. The average Bonchev–Trinajstić information content (AvgIpc) is 3.09. The zero-order valence-electron chi connectivity index (χ0n) is 18.2. The molecule has 0 radical (unpaired) electrons. The van der Waals surface area contributed by atoms with Crippen molar-refractivity contribution in [2.24, 2.45) is 0 Å². The number of nitro benzene ring substituents is 1. The highest BCUT2D eigenvalue weighted by Crippen LogP contribution is 2.38. The largest absolute Gasteiger partial charge is 0.412 e. The number of halogens is 2. The summed E-state index contributed by atoms with van der Waals surface area (Å²) in [7, 11) is -1.85. The molecular weight excluding hydrogens is 406 g/mol. The molecule has 164 valence electrons. The Morgan fingerprint density at radius 3 is 2.23 bits per heavy atom.